The molecule has 0 aliphatic carbocycles. The maximum Gasteiger partial charge on any atom is 0.227 e. The van der Waals surface area contributed by atoms with Crippen LogP contribution in [0.5, 0.6) is 0 Å². The van der Waals surface area contributed by atoms with Crippen molar-refractivity contribution in [3.05, 3.63) is 77.4 Å². The number of benzene rings is 2. The Morgan fingerprint density at radius 3 is 2.63 bits per heavy atom. The summed E-state index contributed by atoms with van der Waals surface area (Å²) in [5.74, 6) is 1.19. The molecule has 1 aliphatic rings. The van der Waals surface area contributed by atoms with E-state index < -0.39 is 0 Å². The summed E-state index contributed by atoms with van der Waals surface area (Å²) in [7, 11) is 0. The van der Waals surface area contributed by atoms with Crippen molar-refractivity contribution in [1.29, 1.82) is 5.26 Å². The van der Waals surface area contributed by atoms with Gasteiger partial charge in [-0.05, 0) is 36.2 Å². The maximum atomic E-state index is 12.3. The topological polar surface area (TPSA) is 83.0 Å². The molecule has 4 rings (SSSR count). The van der Waals surface area contributed by atoms with Crippen molar-refractivity contribution in [1.82, 2.24) is 10.1 Å². The number of amides is 1. The smallest absolute Gasteiger partial charge is 0.227 e. The third-order valence-corrected chi connectivity index (χ3v) is 4.75. The fourth-order valence-corrected chi connectivity index (χ4v) is 3.27. The van der Waals surface area contributed by atoms with Crippen LogP contribution < -0.4 is 4.90 Å². The normalized spacial score (nSPS) is 16.5. The molecule has 1 aliphatic heterocycles. The molecule has 0 N–H and O–H groups in total. The van der Waals surface area contributed by atoms with Gasteiger partial charge in [0.25, 0.3) is 0 Å². The summed E-state index contributed by atoms with van der Waals surface area (Å²) in [4.78, 5) is 18.6. The van der Waals surface area contributed by atoms with Crippen molar-refractivity contribution >= 4 is 11.6 Å². The van der Waals surface area contributed by atoms with Crippen LogP contribution in [0.2, 0.25) is 0 Å². The standard InChI is InChI=1S/C21H18N4O2/c22-13-16-8-6-15(7-9-16)10-11-19-23-21(24-27-19)17-12-20(26)25(14-17)18-4-2-1-3-5-18/h1-9,17H,10-12,14H2. The van der Waals surface area contributed by atoms with Crippen LogP contribution in [0.15, 0.2) is 59.1 Å². The number of para-hydroxylation sites is 1. The number of rotatable bonds is 5. The quantitative estimate of drug-likeness (QED) is 0.699. The van der Waals surface area contributed by atoms with Crippen LogP contribution in [-0.4, -0.2) is 22.6 Å². The third-order valence-electron chi connectivity index (χ3n) is 4.75. The van der Waals surface area contributed by atoms with Gasteiger partial charge < -0.3 is 9.42 Å². The van der Waals surface area contributed by atoms with Gasteiger partial charge in [-0.25, -0.2) is 0 Å². The molecule has 0 bridgehead atoms. The lowest BCUT2D eigenvalue weighted by Gasteiger charge is -2.15. The van der Waals surface area contributed by atoms with E-state index in [2.05, 4.69) is 16.2 Å². The van der Waals surface area contributed by atoms with E-state index in [0.717, 1.165) is 17.7 Å². The average Bonchev–Trinajstić information content (AvgIpc) is 3.34. The number of carbonyl (C=O) groups excluding carboxylic acids is 1. The van der Waals surface area contributed by atoms with E-state index in [-0.39, 0.29) is 11.8 Å². The molecule has 6 nitrogen and oxygen atoms in total. The van der Waals surface area contributed by atoms with Gasteiger partial charge in [0.2, 0.25) is 11.8 Å². The molecule has 1 saturated heterocycles. The van der Waals surface area contributed by atoms with Gasteiger partial charge >= 0.3 is 0 Å². The Bertz CT molecular complexity index is 973. The molecule has 0 radical (unpaired) electrons. The van der Waals surface area contributed by atoms with Crippen molar-refractivity contribution in [3.8, 4) is 6.07 Å². The molecule has 6 heteroatoms. The third kappa shape index (κ3) is 3.72. The van der Waals surface area contributed by atoms with Gasteiger partial charge in [-0.3, -0.25) is 4.79 Å². The highest BCUT2D eigenvalue weighted by molar-refractivity contribution is 5.96. The first-order chi connectivity index (χ1) is 13.2. The van der Waals surface area contributed by atoms with Crippen molar-refractivity contribution in [2.75, 3.05) is 11.4 Å². The Morgan fingerprint density at radius 1 is 1.11 bits per heavy atom. The van der Waals surface area contributed by atoms with Crippen LogP contribution in [0.3, 0.4) is 0 Å². The largest absolute Gasteiger partial charge is 0.339 e. The monoisotopic (exact) mass is 358 g/mol. The number of hydrogen-bond donors (Lipinski definition) is 0. The molecule has 2 heterocycles. The van der Waals surface area contributed by atoms with E-state index in [0.29, 0.717) is 36.7 Å². The van der Waals surface area contributed by atoms with Crippen molar-refractivity contribution in [3.63, 3.8) is 0 Å². The number of nitrogens with zero attached hydrogens (tertiary/aromatic N) is 4. The average molecular weight is 358 g/mol. The fraction of sp³-hybridized carbons (Fsp3) is 0.238. The Kier molecular flexibility index (Phi) is 4.67. The highest BCUT2D eigenvalue weighted by Crippen LogP contribution is 2.30. The van der Waals surface area contributed by atoms with E-state index in [1.54, 1.807) is 17.0 Å². The minimum absolute atomic E-state index is 0.0508. The first-order valence-corrected chi connectivity index (χ1v) is 8.90. The maximum absolute atomic E-state index is 12.3. The molecule has 27 heavy (non-hydrogen) atoms. The second kappa shape index (κ2) is 7.42. The van der Waals surface area contributed by atoms with Gasteiger partial charge in [0.15, 0.2) is 5.82 Å². The first-order valence-electron chi connectivity index (χ1n) is 8.90. The van der Waals surface area contributed by atoms with E-state index in [4.69, 9.17) is 9.78 Å². The lowest BCUT2D eigenvalue weighted by molar-refractivity contribution is -0.117. The van der Waals surface area contributed by atoms with Gasteiger partial charge in [-0.2, -0.15) is 10.2 Å². The number of aryl methyl sites for hydroxylation is 2. The zero-order chi connectivity index (χ0) is 18.6. The molecule has 134 valence electrons. The molecule has 0 saturated carbocycles. The Morgan fingerprint density at radius 2 is 1.89 bits per heavy atom. The summed E-state index contributed by atoms with van der Waals surface area (Å²) in [5, 5.41) is 12.9. The highest BCUT2D eigenvalue weighted by Gasteiger charge is 2.34. The summed E-state index contributed by atoms with van der Waals surface area (Å²) in [6.07, 6.45) is 1.78. The molecule has 1 atom stereocenters. The van der Waals surface area contributed by atoms with Crippen molar-refractivity contribution < 1.29 is 9.32 Å². The van der Waals surface area contributed by atoms with Gasteiger partial charge in [0.05, 0.1) is 11.6 Å². The molecule has 0 spiro atoms. The molecule has 3 aromatic rings. The van der Waals surface area contributed by atoms with Crippen LogP contribution in [-0.2, 0) is 17.6 Å². The zero-order valence-electron chi connectivity index (χ0n) is 14.7. The first kappa shape index (κ1) is 17.0. The van der Waals surface area contributed by atoms with E-state index in [1.807, 2.05) is 42.5 Å². The second-order valence-corrected chi connectivity index (χ2v) is 6.60. The van der Waals surface area contributed by atoms with Gasteiger partial charge in [-0.15, -0.1) is 0 Å². The predicted molar refractivity (Wildman–Crippen MR) is 99.0 cm³/mol. The molecule has 1 aromatic heterocycles. The van der Waals surface area contributed by atoms with Crippen LogP contribution in [0, 0.1) is 11.3 Å². The summed E-state index contributed by atoms with van der Waals surface area (Å²) in [6, 6.07) is 19.2. The minimum atomic E-state index is -0.0508. The number of nitriles is 1. The zero-order valence-corrected chi connectivity index (χ0v) is 14.7. The summed E-state index contributed by atoms with van der Waals surface area (Å²) in [6.45, 7) is 0.567. The van der Waals surface area contributed by atoms with Crippen LogP contribution in [0.4, 0.5) is 5.69 Å². The lowest BCUT2D eigenvalue weighted by atomic mass is 10.1. The number of carbonyl (C=O) groups is 1. The van der Waals surface area contributed by atoms with Gasteiger partial charge in [0.1, 0.15) is 0 Å². The van der Waals surface area contributed by atoms with Crippen LogP contribution in [0.1, 0.15) is 35.2 Å². The molecule has 1 amide bonds. The summed E-state index contributed by atoms with van der Waals surface area (Å²) in [5.41, 5.74) is 2.65. The SMILES string of the molecule is N#Cc1ccc(CCc2nc(C3CC(=O)N(c4ccccc4)C3)no2)cc1. The van der Waals surface area contributed by atoms with Crippen LogP contribution >= 0.6 is 0 Å². The molecular weight excluding hydrogens is 340 g/mol. The van der Waals surface area contributed by atoms with Gasteiger partial charge in [-0.1, -0.05) is 35.5 Å². The van der Waals surface area contributed by atoms with E-state index in [9.17, 15) is 4.79 Å². The highest BCUT2D eigenvalue weighted by atomic mass is 16.5. The molecule has 1 fully saturated rings. The number of anilines is 1. The Labute approximate surface area is 157 Å². The number of hydrogen-bond acceptors (Lipinski definition) is 5. The van der Waals surface area contributed by atoms with Crippen molar-refractivity contribution in [2.45, 2.75) is 25.2 Å². The molecular formula is C21H18N4O2. The summed E-state index contributed by atoms with van der Waals surface area (Å²) >= 11 is 0. The number of aromatic nitrogens is 2. The second-order valence-electron chi connectivity index (χ2n) is 6.60. The van der Waals surface area contributed by atoms with Crippen molar-refractivity contribution in [2.24, 2.45) is 0 Å². The van der Waals surface area contributed by atoms with Crippen LogP contribution in [0.25, 0.3) is 0 Å². The fourth-order valence-electron chi connectivity index (χ4n) is 3.27. The predicted octanol–water partition coefficient (Wildman–Crippen LogP) is 3.25. The Hall–Kier alpha value is -3.46. The van der Waals surface area contributed by atoms with E-state index >= 15 is 0 Å². The molecule has 2 aromatic carbocycles. The minimum Gasteiger partial charge on any atom is -0.339 e. The lowest BCUT2D eigenvalue weighted by Crippen LogP contribution is -2.24. The molecule has 1 unspecified atom stereocenters. The Balaban J connectivity index is 1.39. The summed E-state index contributed by atoms with van der Waals surface area (Å²) < 4.78 is 5.38. The van der Waals surface area contributed by atoms with Gasteiger partial charge in [0, 0.05) is 31.0 Å². The van der Waals surface area contributed by atoms with E-state index in [1.165, 1.54) is 0 Å².